The second-order valence-electron chi connectivity index (χ2n) is 7.93. The number of hydrogen-bond donors (Lipinski definition) is 0. The fourth-order valence-electron chi connectivity index (χ4n) is 3.38. The summed E-state index contributed by atoms with van der Waals surface area (Å²) >= 11 is 0. The molecule has 153 valence electrons. The molecule has 0 saturated carbocycles. The second-order valence-corrected chi connectivity index (χ2v) is 7.93. The van der Waals surface area contributed by atoms with Gasteiger partial charge in [-0.25, -0.2) is 0 Å². The van der Waals surface area contributed by atoms with E-state index in [0.29, 0.717) is 0 Å². The highest BCUT2D eigenvalue weighted by Gasteiger charge is 1.91. The molecule has 0 unspecified atom stereocenters. The van der Waals surface area contributed by atoms with Gasteiger partial charge in [0, 0.05) is 6.42 Å². The molecule has 0 amide bonds. The lowest BCUT2D eigenvalue weighted by molar-refractivity contribution is 0.566. The molecule has 0 aliphatic rings. The summed E-state index contributed by atoms with van der Waals surface area (Å²) in [7, 11) is 0. The van der Waals surface area contributed by atoms with Gasteiger partial charge in [0.25, 0.3) is 0 Å². The van der Waals surface area contributed by atoms with Crippen LogP contribution in [0.3, 0.4) is 0 Å². The van der Waals surface area contributed by atoms with E-state index in [4.69, 9.17) is 0 Å². The standard InChI is InChI=1S/C26H49/c1-3-5-7-9-11-13-15-17-19-21-23-25-26-24-22-20-18-16-14-12-10-8-6-4-2/h21,23-26H,3-20,22H2,1-2H3. The van der Waals surface area contributed by atoms with E-state index >= 15 is 0 Å². The van der Waals surface area contributed by atoms with Gasteiger partial charge >= 0.3 is 0 Å². The summed E-state index contributed by atoms with van der Waals surface area (Å²) in [5.74, 6) is 0. The van der Waals surface area contributed by atoms with Crippen molar-refractivity contribution in [3.05, 3.63) is 30.7 Å². The predicted octanol–water partition coefficient (Wildman–Crippen LogP) is 9.75. The first-order chi connectivity index (χ1) is 12.9. The van der Waals surface area contributed by atoms with Gasteiger partial charge in [0.1, 0.15) is 0 Å². The third kappa shape index (κ3) is 23.5. The van der Waals surface area contributed by atoms with Crippen molar-refractivity contribution in [3.8, 4) is 0 Å². The van der Waals surface area contributed by atoms with Crippen LogP contribution < -0.4 is 0 Å². The van der Waals surface area contributed by atoms with Crippen molar-refractivity contribution in [2.45, 2.75) is 136 Å². The van der Waals surface area contributed by atoms with Gasteiger partial charge in [-0.15, -0.1) is 0 Å². The molecule has 26 heavy (non-hydrogen) atoms. The summed E-state index contributed by atoms with van der Waals surface area (Å²) in [6.45, 7) is 4.58. The Labute approximate surface area is 166 Å². The number of hydrogen-bond acceptors (Lipinski definition) is 0. The fourth-order valence-corrected chi connectivity index (χ4v) is 3.38. The lowest BCUT2D eigenvalue weighted by Gasteiger charge is -2.00. The summed E-state index contributed by atoms with van der Waals surface area (Å²) in [6, 6.07) is 0. The molecule has 0 atom stereocenters. The van der Waals surface area contributed by atoms with Crippen molar-refractivity contribution in [2.24, 2.45) is 0 Å². The van der Waals surface area contributed by atoms with Gasteiger partial charge in [0.2, 0.25) is 0 Å². The zero-order chi connectivity index (χ0) is 19.0. The van der Waals surface area contributed by atoms with E-state index < -0.39 is 0 Å². The van der Waals surface area contributed by atoms with Crippen LogP contribution in [0, 0.1) is 6.42 Å². The van der Waals surface area contributed by atoms with Crippen molar-refractivity contribution in [1.29, 1.82) is 0 Å². The fraction of sp³-hybridized carbons (Fsp3) is 0.808. The van der Waals surface area contributed by atoms with E-state index in [2.05, 4.69) is 44.6 Å². The van der Waals surface area contributed by atoms with Crippen LogP contribution in [-0.2, 0) is 0 Å². The minimum absolute atomic E-state index is 1.25. The van der Waals surface area contributed by atoms with E-state index in [0.717, 1.165) is 0 Å². The van der Waals surface area contributed by atoms with Crippen LogP contribution in [0.4, 0.5) is 0 Å². The maximum absolute atomic E-state index is 2.34. The first-order valence-electron chi connectivity index (χ1n) is 12.1. The van der Waals surface area contributed by atoms with Crippen molar-refractivity contribution in [2.75, 3.05) is 0 Å². The van der Waals surface area contributed by atoms with Gasteiger partial charge in [-0.05, 0) is 25.7 Å². The van der Waals surface area contributed by atoms with E-state index in [1.54, 1.807) is 0 Å². The Bertz CT molecular complexity index is 286. The minimum Gasteiger partial charge on any atom is -0.0879 e. The van der Waals surface area contributed by atoms with Gasteiger partial charge in [-0.2, -0.15) is 0 Å². The van der Waals surface area contributed by atoms with Gasteiger partial charge in [-0.3, -0.25) is 0 Å². The summed E-state index contributed by atoms with van der Waals surface area (Å²) in [4.78, 5) is 0. The second kappa shape index (κ2) is 24.5. The van der Waals surface area contributed by atoms with Gasteiger partial charge in [0.15, 0.2) is 0 Å². The SMILES string of the molecule is CCCCCCCCCCC=C[CH]C=CCCCCCCCCCCC. The minimum atomic E-state index is 1.25. The normalized spacial score (nSPS) is 11.9. The van der Waals surface area contributed by atoms with Gasteiger partial charge < -0.3 is 0 Å². The molecule has 1 radical (unpaired) electrons. The molecule has 0 N–H and O–H groups in total. The molecule has 0 spiro atoms. The van der Waals surface area contributed by atoms with E-state index in [-0.39, 0.29) is 0 Å². The molecule has 0 rings (SSSR count). The third-order valence-electron chi connectivity index (χ3n) is 5.19. The summed E-state index contributed by atoms with van der Waals surface area (Å²) in [6.07, 6.45) is 37.9. The monoisotopic (exact) mass is 361 g/mol. The highest BCUT2D eigenvalue weighted by molar-refractivity contribution is 5.08. The van der Waals surface area contributed by atoms with Crippen LogP contribution in [0.1, 0.15) is 136 Å². The van der Waals surface area contributed by atoms with Gasteiger partial charge in [-0.1, -0.05) is 134 Å². The number of rotatable bonds is 21. The average molecular weight is 362 g/mol. The molecule has 0 aliphatic carbocycles. The molecule has 0 bridgehead atoms. The number of unbranched alkanes of at least 4 members (excludes halogenated alkanes) is 17. The van der Waals surface area contributed by atoms with Crippen LogP contribution in [0.5, 0.6) is 0 Å². The topological polar surface area (TPSA) is 0 Å². The molecule has 0 saturated heterocycles. The highest BCUT2D eigenvalue weighted by atomic mass is 14.0. The van der Waals surface area contributed by atoms with Crippen molar-refractivity contribution in [1.82, 2.24) is 0 Å². The van der Waals surface area contributed by atoms with E-state index in [1.807, 2.05) is 0 Å². The Morgan fingerprint density at radius 1 is 0.385 bits per heavy atom. The zero-order valence-corrected chi connectivity index (χ0v) is 18.3. The largest absolute Gasteiger partial charge is 0.0879 e. The molecular weight excluding hydrogens is 312 g/mol. The summed E-state index contributed by atoms with van der Waals surface area (Å²) < 4.78 is 0. The lowest BCUT2D eigenvalue weighted by atomic mass is 10.1. The lowest BCUT2D eigenvalue weighted by Crippen LogP contribution is -1.80. The molecular formula is C26H49. The van der Waals surface area contributed by atoms with Crippen LogP contribution in [0.25, 0.3) is 0 Å². The third-order valence-corrected chi connectivity index (χ3v) is 5.19. The Hall–Kier alpha value is -0.520. The van der Waals surface area contributed by atoms with Crippen molar-refractivity contribution >= 4 is 0 Å². The zero-order valence-electron chi connectivity index (χ0n) is 18.3. The maximum Gasteiger partial charge on any atom is 0.00441 e. The molecule has 0 fully saturated rings. The Kier molecular flexibility index (Phi) is 24.0. The van der Waals surface area contributed by atoms with Crippen LogP contribution in [0.15, 0.2) is 24.3 Å². The van der Waals surface area contributed by atoms with E-state index in [9.17, 15) is 0 Å². The first kappa shape index (κ1) is 25.5. The van der Waals surface area contributed by atoms with Crippen molar-refractivity contribution < 1.29 is 0 Å². The average Bonchev–Trinajstić information content (AvgIpc) is 2.66. The Morgan fingerprint density at radius 3 is 1.04 bits per heavy atom. The molecule has 0 aromatic carbocycles. The predicted molar refractivity (Wildman–Crippen MR) is 122 cm³/mol. The molecule has 0 heterocycles. The van der Waals surface area contributed by atoms with Crippen LogP contribution in [0.2, 0.25) is 0 Å². The molecule has 0 aliphatic heterocycles. The highest BCUT2D eigenvalue weighted by Crippen LogP contribution is 2.11. The molecule has 0 aromatic rings. The smallest absolute Gasteiger partial charge is 0.00441 e. The molecule has 0 nitrogen and oxygen atoms in total. The van der Waals surface area contributed by atoms with Crippen molar-refractivity contribution in [3.63, 3.8) is 0 Å². The Balaban J connectivity index is 3.14. The van der Waals surface area contributed by atoms with Crippen LogP contribution >= 0.6 is 0 Å². The van der Waals surface area contributed by atoms with Gasteiger partial charge in [0.05, 0.1) is 0 Å². The maximum atomic E-state index is 2.34. The first-order valence-corrected chi connectivity index (χ1v) is 12.1. The molecule has 0 heteroatoms. The van der Waals surface area contributed by atoms with Crippen LogP contribution in [-0.4, -0.2) is 0 Å². The number of allylic oxidation sites excluding steroid dienone is 4. The summed E-state index contributed by atoms with van der Waals surface area (Å²) in [5.41, 5.74) is 0. The molecule has 0 aromatic heterocycles. The summed E-state index contributed by atoms with van der Waals surface area (Å²) in [5, 5.41) is 0. The van der Waals surface area contributed by atoms with E-state index in [1.165, 1.54) is 122 Å². The Morgan fingerprint density at radius 2 is 0.692 bits per heavy atom. The quantitative estimate of drug-likeness (QED) is 0.178.